The van der Waals surface area contributed by atoms with Crippen molar-refractivity contribution in [2.24, 2.45) is 0 Å². The van der Waals surface area contributed by atoms with Crippen LogP contribution in [0.25, 0.3) is 144 Å². The highest BCUT2D eigenvalue weighted by atomic mass is 15.1. The smallest absolute Gasteiger partial charge is 0.162 e. The molecule has 0 unspecified atom stereocenters. The number of aromatic nitrogens is 6. The average Bonchev–Trinajstić information content (AvgIpc) is 4.03. The van der Waals surface area contributed by atoms with E-state index >= 15 is 0 Å². The highest BCUT2D eigenvalue weighted by Crippen LogP contribution is 2.50. The van der Waals surface area contributed by atoms with Crippen LogP contribution in [-0.4, -0.2) is 29.1 Å². The van der Waals surface area contributed by atoms with Crippen LogP contribution in [0.1, 0.15) is 0 Å². The number of nitrogens with zero attached hydrogens (tertiary/aromatic N) is 6. The van der Waals surface area contributed by atoms with Gasteiger partial charge in [-0.05, 0) is 58.6 Å². The lowest BCUT2D eigenvalue weighted by molar-refractivity contribution is 1.05. The summed E-state index contributed by atoms with van der Waals surface area (Å²) in [5.74, 6) is 2.16. The Labute approximate surface area is 425 Å². The molecule has 0 saturated carbocycles. The van der Waals surface area contributed by atoms with Crippen molar-refractivity contribution >= 4 is 75.9 Å². The van der Waals surface area contributed by atoms with E-state index in [0.29, 0.717) is 11.6 Å². The van der Waals surface area contributed by atoms with Gasteiger partial charge in [0.15, 0.2) is 11.6 Å². The predicted molar refractivity (Wildman–Crippen MR) is 306 cm³/mol. The summed E-state index contributed by atoms with van der Waals surface area (Å²) in [4.78, 5) is 21.1. The maximum atomic E-state index is 5.47. The van der Waals surface area contributed by atoms with Crippen LogP contribution in [0.4, 0.5) is 0 Å². The Morgan fingerprint density at radius 1 is 0.243 bits per heavy atom. The number of para-hydroxylation sites is 2. The zero-order chi connectivity index (χ0) is 48.7. The highest BCUT2D eigenvalue weighted by Gasteiger charge is 2.27. The SMILES string of the molecule is c1ccc(-c2cc(-c3ccccc3)nc(-c3ccc(-n4c5ccccc5c5c6c(c7ccccc7c54)c4ccccc4c4c6c5ccccc5n4-c4cc(-c5ccccc5)nc(-c5ccccc5)n4)cc3)n2)cc1. The summed E-state index contributed by atoms with van der Waals surface area (Å²) in [6.07, 6.45) is 0. The Hall–Kier alpha value is -10.0. The number of hydrogen-bond donors (Lipinski definition) is 0. The van der Waals surface area contributed by atoms with Crippen molar-refractivity contribution in [1.29, 1.82) is 0 Å². The molecule has 4 aromatic heterocycles. The topological polar surface area (TPSA) is 61.4 Å². The molecule has 0 saturated heterocycles. The molecule has 6 nitrogen and oxygen atoms in total. The second-order valence-corrected chi connectivity index (χ2v) is 18.9. The van der Waals surface area contributed by atoms with Gasteiger partial charge in [0.05, 0.1) is 39.1 Å². The zero-order valence-corrected chi connectivity index (χ0v) is 39.9. The van der Waals surface area contributed by atoms with Gasteiger partial charge in [-0.25, -0.2) is 19.9 Å². The molecule has 0 amide bonds. The summed E-state index contributed by atoms with van der Waals surface area (Å²) in [6.45, 7) is 0. The maximum Gasteiger partial charge on any atom is 0.162 e. The highest BCUT2D eigenvalue weighted by molar-refractivity contribution is 6.45. The molecule has 0 aliphatic rings. The van der Waals surface area contributed by atoms with E-state index < -0.39 is 0 Å². The van der Waals surface area contributed by atoms with Crippen LogP contribution in [0.5, 0.6) is 0 Å². The molecule has 0 spiro atoms. The summed E-state index contributed by atoms with van der Waals surface area (Å²) < 4.78 is 4.86. The summed E-state index contributed by atoms with van der Waals surface area (Å²) in [5.41, 5.74) is 13.2. The van der Waals surface area contributed by atoms with Crippen molar-refractivity contribution in [3.63, 3.8) is 0 Å². The molecule has 0 N–H and O–H groups in total. The number of rotatable bonds is 7. The van der Waals surface area contributed by atoms with Gasteiger partial charge in [0.25, 0.3) is 0 Å². The zero-order valence-electron chi connectivity index (χ0n) is 39.9. The van der Waals surface area contributed by atoms with Crippen molar-refractivity contribution in [2.45, 2.75) is 0 Å². The van der Waals surface area contributed by atoms with Gasteiger partial charge in [-0.1, -0.05) is 206 Å². The molecule has 0 atom stereocenters. The second-order valence-electron chi connectivity index (χ2n) is 18.9. The first-order valence-corrected chi connectivity index (χ1v) is 25.1. The van der Waals surface area contributed by atoms with Crippen LogP contribution in [0.15, 0.2) is 255 Å². The molecule has 6 heteroatoms. The first-order chi connectivity index (χ1) is 36.7. The molecule has 15 aromatic rings. The molecule has 11 aromatic carbocycles. The van der Waals surface area contributed by atoms with E-state index in [4.69, 9.17) is 19.9 Å². The van der Waals surface area contributed by atoms with E-state index in [-0.39, 0.29) is 0 Å². The Morgan fingerprint density at radius 2 is 0.608 bits per heavy atom. The summed E-state index contributed by atoms with van der Waals surface area (Å²) in [6, 6.07) is 90.2. The molecule has 344 valence electrons. The van der Waals surface area contributed by atoms with Gasteiger partial charge in [0.2, 0.25) is 0 Å². The predicted octanol–water partition coefficient (Wildman–Crippen LogP) is 17.3. The van der Waals surface area contributed by atoms with Gasteiger partial charge in [-0.2, -0.15) is 0 Å². The minimum absolute atomic E-state index is 0.674. The first-order valence-electron chi connectivity index (χ1n) is 25.1. The molecular formula is C68H42N6. The molecule has 0 radical (unpaired) electrons. The molecule has 0 aliphatic carbocycles. The van der Waals surface area contributed by atoms with Crippen molar-refractivity contribution in [2.75, 3.05) is 0 Å². The third-order valence-electron chi connectivity index (χ3n) is 14.7. The fourth-order valence-corrected chi connectivity index (χ4v) is 11.5. The molecule has 74 heavy (non-hydrogen) atoms. The lowest BCUT2D eigenvalue weighted by Crippen LogP contribution is -2.03. The van der Waals surface area contributed by atoms with Crippen LogP contribution in [0.3, 0.4) is 0 Å². The van der Waals surface area contributed by atoms with Crippen LogP contribution in [0, 0.1) is 0 Å². The van der Waals surface area contributed by atoms with E-state index in [0.717, 1.165) is 89.2 Å². The Kier molecular flexibility index (Phi) is 9.47. The molecular weight excluding hydrogens is 901 g/mol. The third-order valence-corrected chi connectivity index (χ3v) is 14.7. The lowest BCUT2D eigenvalue weighted by atomic mass is 9.89. The fourth-order valence-electron chi connectivity index (χ4n) is 11.5. The number of hydrogen-bond acceptors (Lipinski definition) is 4. The van der Waals surface area contributed by atoms with Crippen LogP contribution >= 0.6 is 0 Å². The van der Waals surface area contributed by atoms with Crippen molar-refractivity contribution in [3.05, 3.63) is 255 Å². The Morgan fingerprint density at radius 3 is 1.11 bits per heavy atom. The first kappa shape index (κ1) is 41.7. The van der Waals surface area contributed by atoms with Gasteiger partial charge < -0.3 is 4.57 Å². The van der Waals surface area contributed by atoms with E-state index in [1.807, 2.05) is 24.3 Å². The minimum atomic E-state index is 0.674. The Balaban J connectivity index is 1.03. The van der Waals surface area contributed by atoms with Crippen LogP contribution < -0.4 is 0 Å². The van der Waals surface area contributed by atoms with Gasteiger partial charge in [0.1, 0.15) is 5.82 Å². The third kappa shape index (κ3) is 6.52. The standard InChI is InChI=1S/C68H42N6/c1-5-21-43(22-6-1)55-41-56(44-23-7-2-8-24-44)70-67(69-55)47-37-39-48(40-38-47)73-58-35-19-17-33-53(58)62-64-61(49-29-13-15-31-51(49)65(62)73)50-30-14-16-32-52(50)66-63(64)54-34-18-20-36-59(54)74(66)60-42-57(45-25-9-3-10-26-45)71-68(72-60)46-27-11-4-12-28-46/h1-42H. The molecule has 15 rings (SSSR count). The molecule has 4 heterocycles. The fraction of sp³-hybridized carbons (Fsp3) is 0. The average molecular weight is 943 g/mol. The van der Waals surface area contributed by atoms with Gasteiger partial charge in [-0.15, -0.1) is 0 Å². The van der Waals surface area contributed by atoms with Crippen molar-refractivity contribution in [3.8, 4) is 68.1 Å². The number of fused-ring (bicyclic) bond motifs is 15. The second kappa shape index (κ2) is 16.8. The largest absolute Gasteiger partial charge is 0.309 e. The van der Waals surface area contributed by atoms with Gasteiger partial charge >= 0.3 is 0 Å². The van der Waals surface area contributed by atoms with E-state index in [9.17, 15) is 0 Å². The normalized spacial score (nSPS) is 11.8. The minimum Gasteiger partial charge on any atom is -0.309 e. The van der Waals surface area contributed by atoms with Crippen LogP contribution in [0.2, 0.25) is 0 Å². The quantitative estimate of drug-likeness (QED) is 0.149. The van der Waals surface area contributed by atoms with Crippen molar-refractivity contribution in [1.82, 2.24) is 29.1 Å². The van der Waals surface area contributed by atoms with Crippen LogP contribution in [-0.2, 0) is 0 Å². The monoisotopic (exact) mass is 942 g/mol. The Bertz CT molecular complexity index is 4560. The van der Waals surface area contributed by atoms with Crippen molar-refractivity contribution < 1.29 is 0 Å². The van der Waals surface area contributed by atoms with Gasteiger partial charge in [0, 0.05) is 77.3 Å². The summed E-state index contributed by atoms with van der Waals surface area (Å²) in [7, 11) is 0. The summed E-state index contributed by atoms with van der Waals surface area (Å²) in [5, 5.41) is 11.9. The van der Waals surface area contributed by atoms with E-state index in [2.05, 4.69) is 240 Å². The number of benzene rings is 11. The van der Waals surface area contributed by atoms with E-state index in [1.54, 1.807) is 0 Å². The lowest BCUT2D eigenvalue weighted by Gasteiger charge is -2.17. The van der Waals surface area contributed by atoms with Gasteiger partial charge in [-0.3, -0.25) is 4.57 Å². The molecule has 0 aliphatic heterocycles. The molecule has 0 fully saturated rings. The maximum absolute atomic E-state index is 5.47. The summed E-state index contributed by atoms with van der Waals surface area (Å²) >= 11 is 0. The molecule has 0 bridgehead atoms. The van der Waals surface area contributed by atoms with E-state index in [1.165, 1.54) is 43.1 Å².